The van der Waals surface area contributed by atoms with Crippen molar-refractivity contribution in [3.05, 3.63) is 24.3 Å². The van der Waals surface area contributed by atoms with Crippen LogP contribution >= 0.6 is 0 Å². The molecule has 0 aromatic heterocycles. The van der Waals surface area contributed by atoms with Crippen LogP contribution in [-0.2, 0) is 14.3 Å². The first-order valence-corrected chi connectivity index (χ1v) is 22.6. The molecule has 0 aliphatic rings. The lowest BCUT2D eigenvalue weighted by atomic mass is 10.0. The second kappa shape index (κ2) is 42.1. The highest BCUT2D eigenvalue weighted by Crippen LogP contribution is 2.15. The monoisotopic (exact) mass is 734 g/mol. The van der Waals surface area contributed by atoms with Gasteiger partial charge in [-0.2, -0.15) is 0 Å². The van der Waals surface area contributed by atoms with Gasteiger partial charge in [-0.1, -0.05) is 192 Å². The molecule has 0 aliphatic heterocycles. The van der Waals surface area contributed by atoms with E-state index in [-0.39, 0.29) is 18.5 Å². The van der Waals surface area contributed by atoms with Crippen LogP contribution in [0, 0.1) is 0 Å². The molecule has 0 saturated heterocycles. The van der Waals surface area contributed by atoms with Crippen LogP contribution in [0.2, 0.25) is 0 Å². The number of unbranched alkanes of at least 4 members (excludes halogenated alkanes) is 26. The number of amides is 1. The van der Waals surface area contributed by atoms with Crippen molar-refractivity contribution >= 4 is 11.9 Å². The SMILES string of the molecule is CCC/C=C\C/C=C\CCCCCCCC(=O)OCCCCCCCCCCCCC(=O)NC(CO)C(O)CCCCCCCCCCCCCC. The third-order valence-electron chi connectivity index (χ3n) is 10.2. The normalized spacial score (nSPS) is 12.9. The predicted molar refractivity (Wildman–Crippen MR) is 223 cm³/mol. The predicted octanol–water partition coefficient (Wildman–Crippen LogP) is 12.8. The van der Waals surface area contributed by atoms with Gasteiger partial charge in [-0.25, -0.2) is 0 Å². The quantitative estimate of drug-likeness (QED) is 0.0330. The van der Waals surface area contributed by atoms with Crippen molar-refractivity contribution in [3.63, 3.8) is 0 Å². The minimum Gasteiger partial charge on any atom is -0.466 e. The number of carbonyl (C=O) groups is 2. The Bertz CT molecular complexity index is 813. The summed E-state index contributed by atoms with van der Waals surface area (Å²) in [6.07, 6.45) is 47.0. The largest absolute Gasteiger partial charge is 0.466 e. The van der Waals surface area contributed by atoms with Crippen LogP contribution in [0.3, 0.4) is 0 Å². The summed E-state index contributed by atoms with van der Waals surface area (Å²) in [6.45, 7) is 4.81. The van der Waals surface area contributed by atoms with Crippen LogP contribution in [0.25, 0.3) is 0 Å². The van der Waals surface area contributed by atoms with Crippen molar-refractivity contribution in [2.75, 3.05) is 13.2 Å². The van der Waals surface area contributed by atoms with Crippen LogP contribution in [0.5, 0.6) is 0 Å². The molecule has 1 amide bonds. The smallest absolute Gasteiger partial charge is 0.305 e. The summed E-state index contributed by atoms with van der Waals surface area (Å²) in [5.74, 6) is -0.0954. The summed E-state index contributed by atoms with van der Waals surface area (Å²) in [5, 5.41) is 23.1. The van der Waals surface area contributed by atoms with E-state index in [1.807, 2.05) is 0 Å². The fourth-order valence-electron chi connectivity index (χ4n) is 6.73. The molecule has 3 N–H and O–H groups in total. The number of aliphatic hydroxyl groups excluding tert-OH is 2. The Balaban J connectivity index is 3.50. The van der Waals surface area contributed by atoms with Crippen molar-refractivity contribution in [1.82, 2.24) is 5.32 Å². The van der Waals surface area contributed by atoms with Crippen molar-refractivity contribution in [2.24, 2.45) is 0 Å². The van der Waals surface area contributed by atoms with Crippen LogP contribution in [-0.4, -0.2) is 47.4 Å². The Morgan fingerprint density at radius 2 is 1.00 bits per heavy atom. The van der Waals surface area contributed by atoms with Gasteiger partial charge in [0, 0.05) is 12.8 Å². The van der Waals surface area contributed by atoms with E-state index in [4.69, 9.17) is 4.74 Å². The van der Waals surface area contributed by atoms with E-state index in [1.54, 1.807) is 0 Å². The number of carbonyl (C=O) groups excluding carboxylic acids is 2. The van der Waals surface area contributed by atoms with Gasteiger partial charge in [0.05, 0.1) is 25.4 Å². The van der Waals surface area contributed by atoms with Crippen LogP contribution in [0.4, 0.5) is 0 Å². The van der Waals surface area contributed by atoms with Crippen molar-refractivity contribution in [1.29, 1.82) is 0 Å². The first-order valence-electron chi connectivity index (χ1n) is 22.6. The molecule has 306 valence electrons. The van der Waals surface area contributed by atoms with Gasteiger partial charge >= 0.3 is 5.97 Å². The molecule has 6 nitrogen and oxygen atoms in total. The number of ether oxygens (including phenoxy) is 1. The summed E-state index contributed by atoms with van der Waals surface area (Å²) in [5.41, 5.74) is 0. The molecule has 6 heteroatoms. The summed E-state index contributed by atoms with van der Waals surface area (Å²) >= 11 is 0. The zero-order valence-corrected chi connectivity index (χ0v) is 34.5. The van der Waals surface area contributed by atoms with Crippen molar-refractivity contribution < 1.29 is 24.5 Å². The summed E-state index contributed by atoms with van der Waals surface area (Å²) in [4.78, 5) is 24.4. The number of hydrogen-bond acceptors (Lipinski definition) is 5. The second-order valence-electron chi connectivity index (χ2n) is 15.4. The van der Waals surface area contributed by atoms with Crippen LogP contribution in [0.15, 0.2) is 24.3 Å². The molecule has 2 atom stereocenters. The highest BCUT2D eigenvalue weighted by molar-refractivity contribution is 5.76. The Hall–Kier alpha value is -1.66. The van der Waals surface area contributed by atoms with Gasteiger partial charge in [-0.3, -0.25) is 9.59 Å². The van der Waals surface area contributed by atoms with Crippen LogP contribution in [0.1, 0.15) is 232 Å². The molecule has 0 heterocycles. The summed E-state index contributed by atoms with van der Waals surface area (Å²) in [7, 11) is 0. The number of nitrogens with one attached hydrogen (secondary N) is 1. The van der Waals surface area contributed by atoms with Gasteiger partial charge in [0.1, 0.15) is 0 Å². The van der Waals surface area contributed by atoms with Crippen LogP contribution < -0.4 is 5.32 Å². The zero-order valence-electron chi connectivity index (χ0n) is 34.5. The number of rotatable bonds is 41. The minimum absolute atomic E-state index is 0.0348. The number of aliphatic hydroxyl groups is 2. The molecule has 0 bridgehead atoms. The lowest BCUT2D eigenvalue weighted by molar-refractivity contribution is -0.143. The number of hydrogen-bond donors (Lipinski definition) is 3. The van der Waals surface area contributed by atoms with Gasteiger partial charge in [-0.15, -0.1) is 0 Å². The molecule has 2 unspecified atom stereocenters. The molecule has 0 spiro atoms. The Morgan fingerprint density at radius 3 is 1.54 bits per heavy atom. The Kier molecular flexibility index (Phi) is 40.7. The first-order chi connectivity index (χ1) is 25.5. The third-order valence-corrected chi connectivity index (χ3v) is 10.2. The number of allylic oxidation sites excluding steroid dienone is 4. The molecule has 0 radical (unpaired) electrons. The molecule has 52 heavy (non-hydrogen) atoms. The Morgan fingerprint density at radius 1 is 0.538 bits per heavy atom. The van der Waals surface area contributed by atoms with Crippen molar-refractivity contribution in [3.8, 4) is 0 Å². The first kappa shape index (κ1) is 50.3. The fraction of sp³-hybridized carbons (Fsp3) is 0.870. The third kappa shape index (κ3) is 38.1. The molecule has 0 saturated carbocycles. The maximum Gasteiger partial charge on any atom is 0.305 e. The molecular weight excluding hydrogens is 647 g/mol. The zero-order chi connectivity index (χ0) is 38.0. The van der Waals surface area contributed by atoms with Gasteiger partial charge in [0.25, 0.3) is 0 Å². The van der Waals surface area contributed by atoms with E-state index in [9.17, 15) is 19.8 Å². The average molecular weight is 734 g/mol. The minimum atomic E-state index is -0.678. The number of esters is 1. The molecule has 0 rings (SSSR count). The molecule has 0 aliphatic carbocycles. The maximum atomic E-state index is 12.4. The lowest BCUT2D eigenvalue weighted by Crippen LogP contribution is -2.45. The van der Waals surface area contributed by atoms with Gasteiger partial charge in [-0.05, 0) is 51.4 Å². The molecule has 0 fully saturated rings. The van der Waals surface area contributed by atoms with E-state index >= 15 is 0 Å². The van der Waals surface area contributed by atoms with E-state index < -0.39 is 12.1 Å². The Labute approximate surface area is 322 Å². The maximum absolute atomic E-state index is 12.4. The standard InChI is InChI=1S/C46H87NO5/c1-3-5-7-9-11-13-15-17-19-24-28-32-36-40-46(51)52-41-37-33-29-25-21-20-23-27-31-35-39-45(50)47-43(42-48)44(49)38-34-30-26-22-18-16-14-12-10-8-6-4-2/h7,9,13,15,43-44,48-49H,3-6,8,10-12,14,16-42H2,1-2H3,(H,47,50)/b9-7-,15-13-. The van der Waals surface area contributed by atoms with Gasteiger partial charge in [0.15, 0.2) is 0 Å². The summed E-state index contributed by atoms with van der Waals surface area (Å²) in [6, 6.07) is -0.557. The topological polar surface area (TPSA) is 95.9 Å². The van der Waals surface area contributed by atoms with E-state index in [0.29, 0.717) is 25.9 Å². The lowest BCUT2D eigenvalue weighted by Gasteiger charge is -2.22. The van der Waals surface area contributed by atoms with Gasteiger partial charge < -0.3 is 20.3 Å². The highest BCUT2D eigenvalue weighted by atomic mass is 16.5. The fourth-order valence-corrected chi connectivity index (χ4v) is 6.73. The van der Waals surface area contributed by atoms with E-state index in [2.05, 4.69) is 43.5 Å². The molecular formula is C46H87NO5. The highest BCUT2D eigenvalue weighted by Gasteiger charge is 2.20. The second-order valence-corrected chi connectivity index (χ2v) is 15.4. The van der Waals surface area contributed by atoms with E-state index in [1.165, 1.54) is 128 Å². The summed E-state index contributed by atoms with van der Waals surface area (Å²) < 4.78 is 5.43. The van der Waals surface area contributed by atoms with E-state index in [0.717, 1.165) is 70.6 Å². The van der Waals surface area contributed by atoms with Crippen molar-refractivity contribution in [2.45, 2.75) is 244 Å². The molecule has 0 aromatic rings. The molecule has 0 aromatic carbocycles. The average Bonchev–Trinajstić information content (AvgIpc) is 3.14. The van der Waals surface area contributed by atoms with Gasteiger partial charge in [0.2, 0.25) is 5.91 Å².